The summed E-state index contributed by atoms with van der Waals surface area (Å²) in [5, 5.41) is 10.4. The average molecular weight is 470 g/mol. The number of carbonyl (C=O) groups is 1. The van der Waals surface area contributed by atoms with Gasteiger partial charge < -0.3 is 25.4 Å². The zero-order valence-electron chi connectivity index (χ0n) is 19.3. The van der Waals surface area contributed by atoms with Gasteiger partial charge in [0.2, 0.25) is 5.91 Å². The molecule has 1 amide bonds. The Labute approximate surface area is 204 Å². The maximum absolute atomic E-state index is 12.8. The normalized spacial score (nSPS) is 19.6. The molecule has 1 unspecified atom stereocenters. The number of aromatic nitrogens is 2. The summed E-state index contributed by atoms with van der Waals surface area (Å²) in [7, 11) is 0. The molecule has 2 atom stereocenters. The number of nitrogens with one attached hydrogen (secondary N) is 3. The molecule has 3 aromatic rings. The van der Waals surface area contributed by atoms with Gasteiger partial charge in [-0.1, -0.05) is 18.1 Å². The highest BCUT2D eigenvalue weighted by atomic mass is 16.5. The summed E-state index contributed by atoms with van der Waals surface area (Å²) in [5.74, 6) is 3.56. The van der Waals surface area contributed by atoms with Gasteiger partial charge in [-0.15, -0.1) is 6.42 Å². The lowest BCUT2D eigenvalue weighted by Crippen LogP contribution is -2.20. The van der Waals surface area contributed by atoms with Crippen LogP contribution in [-0.4, -0.2) is 47.8 Å². The SMILES string of the molecule is C#Cc1cccc(Nc2ncnc3cc(O[C@H]4CCOC4)c(NC(=O)/C=C/C4CCCN4)cc23)c1. The van der Waals surface area contributed by atoms with Gasteiger partial charge in [0.25, 0.3) is 0 Å². The Morgan fingerprint density at radius 2 is 2.20 bits per heavy atom. The summed E-state index contributed by atoms with van der Waals surface area (Å²) in [6.45, 7) is 2.15. The summed E-state index contributed by atoms with van der Waals surface area (Å²) in [6.07, 6.45) is 13.4. The van der Waals surface area contributed by atoms with Gasteiger partial charge in [0.15, 0.2) is 0 Å². The maximum atomic E-state index is 12.8. The average Bonchev–Trinajstić information content (AvgIpc) is 3.58. The topological polar surface area (TPSA) is 97.4 Å². The van der Waals surface area contributed by atoms with Crippen LogP contribution in [0.2, 0.25) is 0 Å². The first-order valence-corrected chi connectivity index (χ1v) is 11.8. The monoisotopic (exact) mass is 469 g/mol. The number of amides is 1. The lowest BCUT2D eigenvalue weighted by atomic mass is 10.1. The number of anilines is 3. The van der Waals surface area contributed by atoms with Gasteiger partial charge in [0.1, 0.15) is 24.0 Å². The summed E-state index contributed by atoms with van der Waals surface area (Å²) in [6, 6.07) is 11.4. The maximum Gasteiger partial charge on any atom is 0.248 e. The van der Waals surface area contributed by atoms with Crippen molar-refractivity contribution in [3.05, 3.63) is 60.4 Å². The molecule has 2 saturated heterocycles. The third-order valence-corrected chi connectivity index (χ3v) is 6.05. The van der Waals surface area contributed by atoms with E-state index in [1.54, 1.807) is 6.08 Å². The minimum absolute atomic E-state index is 0.0766. The van der Waals surface area contributed by atoms with E-state index < -0.39 is 0 Å². The van der Waals surface area contributed by atoms with Crippen LogP contribution in [0.3, 0.4) is 0 Å². The van der Waals surface area contributed by atoms with E-state index in [-0.39, 0.29) is 18.1 Å². The summed E-state index contributed by atoms with van der Waals surface area (Å²) in [5.41, 5.74) is 2.81. The van der Waals surface area contributed by atoms with Gasteiger partial charge in [0, 0.05) is 41.2 Å². The van der Waals surface area contributed by atoms with E-state index in [4.69, 9.17) is 15.9 Å². The van der Waals surface area contributed by atoms with Crippen molar-refractivity contribution < 1.29 is 14.3 Å². The van der Waals surface area contributed by atoms with Crippen LogP contribution in [0.15, 0.2) is 54.9 Å². The predicted molar refractivity (Wildman–Crippen MR) is 136 cm³/mol. The van der Waals surface area contributed by atoms with Gasteiger partial charge in [-0.3, -0.25) is 4.79 Å². The molecule has 2 aliphatic rings. The number of terminal acetylenes is 1. The van der Waals surface area contributed by atoms with Crippen LogP contribution < -0.4 is 20.7 Å². The quantitative estimate of drug-likeness (QED) is 0.358. The van der Waals surface area contributed by atoms with Crippen molar-refractivity contribution in [1.82, 2.24) is 15.3 Å². The molecule has 3 N–H and O–H groups in total. The number of hydrogen-bond donors (Lipinski definition) is 3. The zero-order chi connectivity index (χ0) is 24.0. The summed E-state index contributed by atoms with van der Waals surface area (Å²) in [4.78, 5) is 21.6. The van der Waals surface area contributed by atoms with E-state index in [1.807, 2.05) is 42.5 Å². The second-order valence-electron chi connectivity index (χ2n) is 8.59. The molecule has 0 aliphatic carbocycles. The highest BCUT2D eigenvalue weighted by Gasteiger charge is 2.21. The van der Waals surface area contributed by atoms with Crippen molar-refractivity contribution in [2.45, 2.75) is 31.4 Å². The van der Waals surface area contributed by atoms with Gasteiger partial charge in [0.05, 0.1) is 24.4 Å². The van der Waals surface area contributed by atoms with Crippen LogP contribution in [-0.2, 0) is 9.53 Å². The van der Waals surface area contributed by atoms with E-state index in [1.165, 1.54) is 6.33 Å². The lowest BCUT2D eigenvalue weighted by molar-refractivity contribution is -0.111. The van der Waals surface area contributed by atoms with Gasteiger partial charge in [-0.05, 0) is 43.7 Å². The molecule has 0 saturated carbocycles. The number of ether oxygens (including phenoxy) is 2. The summed E-state index contributed by atoms with van der Waals surface area (Å²) >= 11 is 0. The highest BCUT2D eigenvalue weighted by molar-refractivity contribution is 6.03. The van der Waals surface area contributed by atoms with Crippen LogP contribution in [0.1, 0.15) is 24.8 Å². The smallest absolute Gasteiger partial charge is 0.248 e. The molecule has 178 valence electrons. The molecule has 2 aromatic carbocycles. The van der Waals surface area contributed by atoms with Crippen molar-refractivity contribution in [2.24, 2.45) is 0 Å². The molecular formula is C27H27N5O3. The fourth-order valence-corrected chi connectivity index (χ4v) is 4.24. The fourth-order valence-electron chi connectivity index (χ4n) is 4.24. The van der Waals surface area contributed by atoms with Crippen LogP contribution in [0, 0.1) is 12.3 Å². The zero-order valence-corrected chi connectivity index (χ0v) is 19.3. The van der Waals surface area contributed by atoms with Crippen molar-refractivity contribution in [2.75, 3.05) is 30.4 Å². The van der Waals surface area contributed by atoms with Gasteiger partial charge >= 0.3 is 0 Å². The van der Waals surface area contributed by atoms with Crippen molar-refractivity contribution in [1.29, 1.82) is 0 Å². The Morgan fingerprint density at radius 1 is 1.26 bits per heavy atom. The Hall–Kier alpha value is -3.93. The molecule has 2 fully saturated rings. The Balaban J connectivity index is 1.47. The largest absolute Gasteiger partial charge is 0.486 e. The summed E-state index contributed by atoms with van der Waals surface area (Å²) < 4.78 is 11.7. The minimum atomic E-state index is -0.223. The van der Waals surface area contributed by atoms with Crippen LogP contribution in [0.4, 0.5) is 17.2 Å². The van der Waals surface area contributed by atoms with Gasteiger partial charge in [-0.25, -0.2) is 9.97 Å². The molecule has 0 bridgehead atoms. The number of benzene rings is 2. The molecule has 8 nitrogen and oxygen atoms in total. The number of rotatable bonds is 7. The Bertz CT molecular complexity index is 1290. The highest BCUT2D eigenvalue weighted by Crippen LogP contribution is 2.34. The Morgan fingerprint density at radius 3 is 3.00 bits per heavy atom. The van der Waals surface area contributed by atoms with Crippen molar-refractivity contribution in [3.63, 3.8) is 0 Å². The second-order valence-corrected chi connectivity index (χ2v) is 8.59. The van der Waals surface area contributed by atoms with E-state index >= 15 is 0 Å². The number of hydrogen-bond acceptors (Lipinski definition) is 7. The molecule has 0 radical (unpaired) electrons. The molecule has 35 heavy (non-hydrogen) atoms. The first kappa shape index (κ1) is 22.8. The standard InChI is InChI=1S/C27H27N5O3/c1-2-18-5-3-6-20(13-18)31-27-22-14-24(32-26(33)9-8-19-7-4-11-28-19)25(15-23(22)29-17-30-27)35-21-10-12-34-16-21/h1,3,5-6,8-9,13-15,17,19,21,28H,4,7,10-12,16H2,(H,32,33)(H,29,30,31)/b9-8+/t19?,21-/m0/s1. The van der Waals surface area contributed by atoms with Gasteiger partial charge in [-0.2, -0.15) is 0 Å². The van der Waals surface area contributed by atoms with Crippen LogP contribution in [0.25, 0.3) is 10.9 Å². The first-order valence-electron chi connectivity index (χ1n) is 11.8. The predicted octanol–water partition coefficient (Wildman–Crippen LogP) is 3.77. The molecule has 3 heterocycles. The fraction of sp³-hybridized carbons (Fsp3) is 0.296. The number of carbonyl (C=O) groups excluding carboxylic acids is 1. The molecule has 2 aliphatic heterocycles. The van der Waals surface area contributed by atoms with Crippen molar-refractivity contribution >= 4 is 34.0 Å². The molecule has 5 rings (SSSR count). The van der Waals surface area contributed by atoms with Crippen LogP contribution in [0.5, 0.6) is 5.75 Å². The third-order valence-electron chi connectivity index (χ3n) is 6.05. The Kier molecular flexibility index (Phi) is 6.89. The third kappa shape index (κ3) is 5.60. The number of nitrogens with zero attached hydrogens (tertiary/aromatic N) is 2. The second kappa shape index (κ2) is 10.6. The molecule has 1 aromatic heterocycles. The van der Waals surface area contributed by atoms with E-state index in [2.05, 4.69) is 31.8 Å². The van der Waals surface area contributed by atoms with Crippen molar-refractivity contribution in [3.8, 4) is 18.1 Å². The van der Waals surface area contributed by atoms with Crippen LogP contribution >= 0.6 is 0 Å². The van der Waals surface area contributed by atoms with E-state index in [0.29, 0.717) is 36.0 Å². The molecular weight excluding hydrogens is 442 g/mol. The number of fused-ring (bicyclic) bond motifs is 1. The first-order chi connectivity index (χ1) is 17.2. The van der Waals surface area contributed by atoms with E-state index in [9.17, 15) is 4.79 Å². The lowest BCUT2D eigenvalue weighted by Gasteiger charge is -2.17. The molecule has 8 heteroatoms. The van der Waals surface area contributed by atoms with E-state index in [0.717, 1.165) is 42.4 Å². The minimum Gasteiger partial charge on any atom is -0.486 e. The molecule has 0 spiro atoms.